The first kappa shape index (κ1) is 20.6. The summed E-state index contributed by atoms with van der Waals surface area (Å²) in [6, 6.07) is 10.5. The van der Waals surface area contributed by atoms with E-state index in [0.29, 0.717) is 16.5 Å². The normalized spacial score (nSPS) is 10.4. The summed E-state index contributed by atoms with van der Waals surface area (Å²) in [5.41, 5.74) is 6.92. The van der Waals surface area contributed by atoms with Crippen molar-refractivity contribution in [2.45, 2.75) is 26.7 Å². The van der Waals surface area contributed by atoms with E-state index >= 15 is 0 Å². The number of benzene rings is 2. The van der Waals surface area contributed by atoms with Crippen LogP contribution in [0, 0.1) is 6.92 Å². The van der Waals surface area contributed by atoms with Crippen LogP contribution in [0.25, 0.3) is 0 Å². The Morgan fingerprint density at radius 2 is 1.81 bits per heavy atom. The number of rotatable bonds is 6. The third kappa shape index (κ3) is 5.62. The monoisotopic (exact) mass is 390 g/mol. The van der Waals surface area contributed by atoms with Gasteiger partial charge < -0.3 is 9.47 Å². The number of nitrogens with one attached hydrogen (secondary N) is 2. The van der Waals surface area contributed by atoms with E-state index in [1.165, 1.54) is 13.2 Å². The first-order valence-electron chi connectivity index (χ1n) is 8.48. The van der Waals surface area contributed by atoms with Crippen molar-refractivity contribution in [1.29, 1.82) is 0 Å². The Hall–Kier alpha value is -2.73. The van der Waals surface area contributed by atoms with Crippen LogP contribution in [0.2, 0.25) is 5.02 Å². The molecule has 2 N–H and O–H groups in total. The number of methoxy groups -OCH3 is 1. The average molecular weight is 391 g/mol. The van der Waals surface area contributed by atoms with Crippen LogP contribution in [0.4, 0.5) is 0 Å². The predicted molar refractivity (Wildman–Crippen MR) is 104 cm³/mol. The van der Waals surface area contributed by atoms with Crippen LogP contribution in [0.1, 0.15) is 41.3 Å². The summed E-state index contributed by atoms with van der Waals surface area (Å²) in [5.74, 6) is 0.243. The Morgan fingerprint density at radius 3 is 2.48 bits per heavy atom. The Kier molecular flexibility index (Phi) is 7.07. The third-order valence-electron chi connectivity index (χ3n) is 3.87. The lowest BCUT2D eigenvalue weighted by atomic mass is 10.0. The van der Waals surface area contributed by atoms with E-state index in [1.807, 2.05) is 25.1 Å². The molecule has 0 aliphatic heterocycles. The summed E-state index contributed by atoms with van der Waals surface area (Å²) < 4.78 is 10.8. The predicted octanol–water partition coefficient (Wildman–Crippen LogP) is 3.62. The lowest BCUT2D eigenvalue weighted by Crippen LogP contribution is -2.44. The smallest absolute Gasteiger partial charge is 0.276 e. The number of halogens is 1. The van der Waals surface area contributed by atoms with E-state index in [1.54, 1.807) is 12.1 Å². The quantitative estimate of drug-likeness (QED) is 0.738. The molecule has 0 bridgehead atoms. The highest BCUT2D eigenvalue weighted by Crippen LogP contribution is 2.27. The molecule has 144 valence electrons. The number of carbonyl (C=O) groups excluding carboxylic acids is 2. The van der Waals surface area contributed by atoms with Gasteiger partial charge in [-0.2, -0.15) is 0 Å². The Bertz CT molecular complexity index is 837. The lowest BCUT2D eigenvalue weighted by molar-refractivity contribution is -0.123. The number of ether oxygens (including phenoxy) is 2. The molecule has 0 aliphatic carbocycles. The Balaban J connectivity index is 1.95. The minimum absolute atomic E-state index is 0.215. The fraction of sp³-hybridized carbons (Fsp3) is 0.300. The summed E-state index contributed by atoms with van der Waals surface area (Å²) in [4.78, 5) is 24.3. The van der Waals surface area contributed by atoms with Gasteiger partial charge in [0, 0.05) is 5.02 Å². The molecule has 0 unspecified atom stereocenters. The zero-order valence-electron chi connectivity index (χ0n) is 15.8. The molecule has 0 fully saturated rings. The van der Waals surface area contributed by atoms with Crippen LogP contribution < -0.4 is 20.3 Å². The van der Waals surface area contributed by atoms with E-state index in [4.69, 9.17) is 21.1 Å². The number of hydrazine groups is 1. The highest BCUT2D eigenvalue weighted by molar-refractivity contribution is 6.31. The lowest BCUT2D eigenvalue weighted by Gasteiger charge is -2.15. The maximum absolute atomic E-state index is 12.2. The Labute approximate surface area is 163 Å². The molecule has 7 heteroatoms. The van der Waals surface area contributed by atoms with Crippen molar-refractivity contribution in [2.75, 3.05) is 13.7 Å². The second-order valence-electron chi connectivity index (χ2n) is 6.33. The number of carbonyl (C=O) groups is 2. The van der Waals surface area contributed by atoms with Gasteiger partial charge >= 0.3 is 0 Å². The van der Waals surface area contributed by atoms with Crippen LogP contribution in [0.15, 0.2) is 36.4 Å². The van der Waals surface area contributed by atoms with Gasteiger partial charge in [-0.1, -0.05) is 37.6 Å². The standard InChI is InChI=1S/C20H23ClN2O4/c1-12(2)15-7-5-13(3)9-18(15)27-11-19(24)22-23-20(25)16-10-14(21)6-8-17(16)26-4/h5-10,12H,11H2,1-4H3,(H,22,24)(H,23,25). The topological polar surface area (TPSA) is 76.7 Å². The molecule has 0 heterocycles. The molecule has 0 atom stereocenters. The van der Waals surface area contributed by atoms with E-state index < -0.39 is 11.8 Å². The van der Waals surface area contributed by atoms with Crippen molar-refractivity contribution in [1.82, 2.24) is 10.9 Å². The Morgan fingerprint density at radius 1 is 1.07 bits per heavy atom. The first-order valence-corrected chi connectivity index (χ1v) is 8.85. The van der Waals surface area contributed by atoms with E-state index in [2.05, 4.69) is 24.7 Å². The van der Waals surface area contributed by atoms with Gasteiger partial charge in [0.1, 0.15) is 11.5 Å². The van der Waals surface area contributed by atoms with Crippen LogP contribution in [-0.2, 0) is 4.79 Å². The molecule has 2 aromatic carbocycles. The number of hydrogen-bond acceptors (Lipinski definition) is 4. The molecule has 27 heavy (non-hydrogen) atoms. The second kappa shape index (κ2) is 9.28. The van der Waals surface area contributed by atoms with Crippen molar-refractivity contribution in [3.63, 3.8) is 0 Å². The van der Waals surface area contributed by atoms with Crippen molar-refractivity contribution in [2.24, 2.45) is 0 Å². The summed E-state index contributed by atoms with van der Waals surface area (Å²) >= 11 is 5.91. The van der Waals surface area contributed by atoms with Gasteiger partial charge in [-0.15, -0.1) is 0 Å². The van der Waals surface area contributed by atoms with Gasteiger partial charge in [0.25, 0.3) is 11.8 Å². The third-order valence-corrected chi connectivity index (χ3v) is 4.11. The minimum Gasteiger partial charge on any atom is -0.496 e. The van der Waals surface area contributed by atoms with Crippen molar-refractivity contribution in [3.05, 3.63) is 58.1 Å². The molecule has 0 aliphatic rings. The fourth-order valence-electron chi connectivity index (χ4n) is 2.47. The number of amides is 2. The summed E-state index contributed by atoms with van der Waals surface area (Å²) in [6.07, 6.45) is 0. The molecule has 0 aromatic heterocycles. The molecule has 0 spiro atoms. The molecule has 0 saturated carbocycles. The minimum atomic E-state index is -0.541. The van der Waals surface area contributed by atoms with E-state index in [0.717, 1.165) is 11.1 Å². The summed E-state index contributed by atoms with van der Waals surface area (Å²) in [7, 11) is 1.45. The average Bonchev–Trinajstić information content (AvgIpc) is 2.64. The van der Waals surface area contributed by atoms with Crippen LogP contribution >= 0.6 is 11.6 Å². The molecular formula is C20H23ClN2O4. The van der Waals surface area contributed by atoms with Gasteiger partial charge in [0.2, 0.25) is 0 Å². The van der Waals surface area contributed by atoms with E-state index in [-0.39, 0.29) is 18.1 Å². The fourth-order valence-corrected chi connectivity index (χ4v) is 2.65. The zero-order chi connectivity index (χ0) is 20.0. The maximum atomic E-state index is 12.2. The van der Waals surface area contributed by atoms with Gasteiger partial charge in [0.05, 0.1) is 12.7 Å². The summed E-state index contributed by atoms with van der Waals surface area (Å²) in [5, 5.41) is 0.385. The second-order valence-corrected chi connectivity index (χ2v) is 6.77. The summed E-state index contributed by atoms with van der Waals surface area (Å²) in [6.45, 7) is 5.83. The molecule has 0 radical (unpaired) electrons. The van der Waals surface area contributed by atoms with Crippen LogP contribution in [-0.4, -0.2) is 25.5 Å². The van der Waals surface area contributed by atoms with E-state index in [9.17, 15) is 9.59 Å². The first-order chi connectivity index (χ1) is 12.8. The van der Waals surface area contributed by atoms with Crippen molar-refractivity contribution in [3.8, 4) is 11.5 Å². The van der Waals surface area contributed by atoms with Crippen molar-refractivity contribution >= 4 is 23.4 Å². The molecular weight excluding hydrogens is 368 g/mol. The highest BCUT2D eigenvalue weighted by atomic mass is 35.5. The number of hydrogen-bond donors (Lipinski definition) is 2. The molecule has 2 rings (SSSR count). The SMILES string of the molecule is COc1ccc(Cl)cc1C(=O)NNC(=O)COc1cc(C)ccc1C(C)C. The van der Waals surface area contributed by atoms with Crippen molar-refractivity contribution < 1.29 is 19.1 Å². The number of aryl methyl sites for hydroxylation is 1. The molecule has 0 saturated heterocycles. The molecule has 6 nitrogen and oxygen atoms in total. The largest absolute Gasteiger partial charge is 0.496 e. The molecule has 2 amide bonds. The zero-order valence-corrected chi connectivity index (χ0v) is 16.5. The molecule has 2 aromatic rings. The van der Waals surface area contributed by atoms with Gasteiger partial charge in [-0.3, -0.25) is 20.4 Å². The van der Waals surface area contributed by atoms with Gasteiger partial charge in [-0.05, 0) is 48.2 Å². The highest BCUT2D eigenvalue weighted by Gasteiger charge is 2.15. The maximum Gasteiger partial charge on any atom is 0.276 e. The van der Waals surface area contributed by atoms with Gasteiger partial charge in [-0.25, -0.2) is 0 Å². The van der Waals surface area contributed by atoms with Crippen LogP contribution in [0.3, 0.4) is 0 Å². The van der Waals surface area contributed by atoms with Crippen LogP contribution in [0.5, 0.6) is 11.5 Å². The van der Waals surface area contributed by atoms with Gasteiger partial charge in [0.15, 0.2) is 6.61 Å².